The van der Waals surface area contributed by atoms with Crippen LogP contribution in [0.4, 0.5) is 0 Å². The van der Waals surface area contributed by atoms with Crippen molar-refractivity contribution >= 4 is 0 Å². The molecule has 0 bridgehead atoms. The minimum Gasteiger partial charge on any atom is -0.498 e. The van der Waals surface area contributed by atoms with Gasteiger partial charge in [0.2, 0.25) is 0 Å². The lowest BCUT2D eigenvalue weighted by Gasteiger charge is -2.03. The van der Waals surface area contributed by atoms with E-state index in [1.165, 1.54) is 0 Å². The maximum Gasteiger partial charge on any atom is 0.336 e. The first kappa shape index (κ1) is 10.4. The smallest absolute Gasteiger partial charge is 0.336 e. The summed E-state index contributed by atoms with van der Waals surface area (Å²) in [6.07, 6.45) is 2.14. The number of unbranched alkanes of at least 4 members (excludes halogenated alkanes) is 1. The van der Waals surface area contributed by atoms with Crippen molar-refractivity contribution in [1.82, 2.24) is 0 Å². The third-order valence-electron chi connectivity index (χ3n) is 1.78. The lowest BCUT2D eigenvalue weighted by atomic mass is 10.2. The number of benzene rings is 1. The van der Waals surface area contributed by atoms with Crippen molar-refractivity contribution in [2.75, 3.05) is 6.61 Å². The Bertz CT molecular complexity index is 339. The first-order chi connectivity index (χ1) is 6.86. The first-order valence-corrected chi connectivity index (χ1v) is 4.68. The summed E-state index contributed by atoms with van der Waals surface area (Å²) in [5.74, 6) is 0.757. The quantitative estimate of drug-likeness (QED) is 0.541. The van der Waals surface area contributed by atoms with Gasteiger partial charge in [-0.1, -0.05) is 19.4 Å². The van der Waals surface area contributed by atoms with Crippen LogP contribution in [0.15, 0.2) is 24.3 Å². The molecule has 0 saturated heterocycles. The van der Waals surface area contributed by atoms with E-state index in [0.717, 1.165) is 18.6 Å². The zero-order chi connectivity index (χ0) is 10.2. The van der Waals surface area contributed by atoms with Crippen LogP contribution < -0.4 is 4.74 Å². The van der Waals surface area contributed by atoms with Crippen molar-refractivity contribution in [1.29, 1.82) is 0 Å². The molecule has 1 aromatic carbocycles. The molecule has 0 unspecified atom stereocenters. The molecule has 0 fully saturated rings. The number of ether oxygens (including phenoxy) is 1. The predicted molar refractivity (Wildman–Crippen MR) is 56.6 cm³/mol. The molecule has 0 spiro atoms. The average molecular weight is 191 g/mol. The Morgan fingerprint density at radius 3 is 3.07 bits per heavy atom. The highest BCUT2D eigenvalue weighted by molar-refractivity contribution is 5.38. The molecule has 0 amide bonds. The first-order valence-electron chi connectivity index (χ1n) is 4.68. The Morgan fingerprint density at radius 1 is 1.50 bits per heavy atom. The van der Waals surface area contributed by atoms with Crippen molar-refractivity contribution in [3.05, 3.63) is 40.0 Å². The molecule has 14 heavy (non-hydrogen) atoms. The molecule has 0 atom stereocenters. The van der Waals surface area contributed by atoms with E-state index >= 15 is 0 Å². The van der Waals surface area contributed by atoms with Gasteiger partial charge in [0, 0.05) is 11.1 Å². The third-order valence-corrected chi connectivity index (χ3v) is 1.78. The van der Waals surface area contributed by atoms with Crippen LogP contribution in [0.5, 0.6) is 5.75 Å². The molecule has 0 radical (unpaired) electrons. The van der Waals surface area contributed by atoms with E-state index in [0.29, 0.717) is 12.2 Å². The summed E-state index contributed by atoms with van der Waals surface area (Å²) in [4.78, 5) is 0. The zero-order valence-electron chi connectivity index (χ0n) is 8.19. The molecule has 1 aromatic rings. The van der Waals surface area contributed by atoms with Gasteiger partial charge in [-0.3, -0.25) is 0 Å². The lowest BCUT2D eigenvalue weighted by molar-refractivity contribution is 0.309. The number of hydrogen-bond acceptors (Lipinski definition) is 2. The van der Waals surface area contributed by atoms with Gasteiger partial charge in [-0.2, -0.15) is 0 Å². The molecule has 0 aliphatic carbocycles. The summed E-state index contributed by atoms with van der Waals surface area (Å²) in [6.45, 7) is 2.81. The van der Waals surface area contributed by atoms with Gasteiger partial charge >= 0.3 is 6.07 Å². The number of nitrogens with zero attached hydrogens (tertiary/aromatic N) is 1. The molecule has 3 nitrogen and oxygen atoms in total. The van der Waals surface area contributed by atoms with E-state index in [-0.39, 0.29) is 0 Å². The minimum absolute atomic E-state index is 0.647. The molecule has 0 N–H and O–H groups in total. The predicted octanol–water partition coefficient (Wildman–Crippen LogP) is 3.04. The zero-order valence-corrected chi connectivity index (χ0v) is 8.19. The normalized spacial score (nSPS) is 8.93. The van der Waals surface area contributed by atoms with Crippen LogP contribution in [0.2, 0.25) is 0 Å². The molecule has 1 rings (SSSR count). The second-order valence-corrected chi connectivity index (χ2v) is 2.93. The van der Waals surface area contributed by atoms with E-state index in [1.54, 1.807) is 12.1 Å². The number of hydrogen-bond donors (Lipinski definition) is 0. The molecule has 74 valence electrons. The molecule has 0 aliphatic rings. The second-order valence-electron chi connectivity index (χ2n) is 2.93. The van der Waals surface area contributed by atoms with Gasteiger partial charge in [-0.05, 0) is 18.6 Å². The Hall–Kier alpha value is -1.69. The SMILES string of the molecule is CCCCOc1cccc(C#[N+][O-])c1. The molecular formula is C11H13NO2. The van der Waals surface area contributed by atoms with Crippen LogP contribution in [-0.4, -0.2) is 6.61 Å². The van der Waals surface area contributed by atoms with E-state index in [9.17, 15) is 5.21 Å². The van der Waals surface area contributed by atoms with Crippen LogP contribution in [-0.2, 0) is 0 Å². The van der Waals surface area contributed by atoms with Gasteiger partial charge in [-0.25, -0.2) is 0 Å². The largest absolute Gasteiger partial charge is 0.498 e. The Kier molecular flexibility index (Phi) is 4.36. The van der Waals surface area contributed by atoms with Gasteiger partial charge in [0.1, 0.15) is 11.3 Å². The van der Waals surface area contributed by atoms with E-state index in [2.05, 4.69) is 18.0 Å². The van der Waals surface area contributed by atoms with E-state index in [1.807, 2.05) is 12.1 Å². The summed E-state index contributed by atoms with van der Waals surface area (Å²) in [7, 11) is 0. The van der Waals surface area contributed by atoms with Crippen molar-refractivity contribution < 1.29 is 4.74 Å². The fraction of sp³-hybridized carbons (Fsp3) is 0.364. The molecule has 0 saturated carbocycles. The van der Waals surface area contributed by atoms with Crippen LogP contribution in [0, 0.1) is 11.3 Å². The summed E-state index contributed by atoms with van der Waals surface area (Å²) >= 11 is 0. The topological polar surface area (TPSA) is 36.6 Å². The van der Waals surface area contributed by atoms with Crippen molar-refractivity contribution in [3.63, 3.8) is 0 Å². The molecule has 0 heterocycles. The minimum atomic E-state index is 0.647. The summed E-state index contributed by atoms with van der Waals surface area (Å²) in [6, 6.07) is 9.50. The van der Waals surface area contributed by atoms with Gasteiger partial charge in [0.15, 0.2) is 0 Å². The standard InChI is InChI=1S/C11H13NO2/c1-2-3-7-14-11-6-4-5-10(8-11)9-12-13/h4-6,8H,2-3,7H2,1H3. The molecular weight excluding hydrogens is 178 g/mol. The van der Waals surface area contributed by atoms with Crippen molar-refractivity contribution in [3.8, 4) is 11.8 Å². The molecule has 3 heteroatoms. The van der Waals surface area contributed by atoms with Gasteiger partial charge in [0.05, 0.1) is 6.61 Å². The second kappa shape index (κ2) is 5.87. The van der Waals surface area contributed by atoms with E-state index < -0.39 is 0 Å². The van der Waals surface area contributed by atoms with Crippen molar-refractivity contribution in [2.45, 2.75) is 19.8 Å². The van der Waals surface area contributed by atoms with Crippen LogP contribution in [0.1, 0.15) is 25.3 Å². The molecule has 0 aromatic heterocycles. The highest BCUT2D eigenvalue weighted by atomic mass is 16.5. The maximum atomic E-state index is 9.94. The summed E-state index contributed by atoms with van der Waals surface area (Å²) in [5, 5.41) is 12.5. The van der Waals surface area contributed by atoms with Crippen LogP contribution in [0.3, 0.4) is 0 Å². The van der Waals surface area contributed by atoms with E-state index in [4.69, 9.17) is 4.74 Å². The van der Waals surface area contributed by atoms with Gasteiger partial charge in [0.25, 0.3) is 0 Å². The number of rotatable bonds is 4. The fourth-order valence-corrected chi connectivity index (χ4v) is 1.04. The highest BCUT2D eigenvalue weighted by Gasteiger charge is 1.97. The van der Waals surface area contributed by atoms with Gasteiger partial charge in [-0.15, -0.1) is 0 Å². The van der Waals surface area contributed by atoms with Crippen LogP contribution in [0.25, 0.3) is 5.01 Å². The van der Waals surface area contributed by atoms with Crippen molar-refractivity contribution in [2.24, 2.45) is 0 Å². The summed E-state index contributed by atoms with van der Waals surface area (Å²) < 4.78 is 5.45. The average Bonchev–Trinajstić information content (AvgIpc) is 2.19. The Morgan fingerprint density at radius 2 is 2.36 bits per heavy atom. The van der Waals surface area contributed by atoms with Gasteiger partial charge < -0.3 is 9.94 Å². The fourth-order valence-electron chi connectivity index (χ4n) is 1.04. The Labute approximate surface area is 83.7 Å². The maximum absolute atomic E-state index is 9.94. The summed E-state index contributed by atoms with van der Waals surface area (Å²) in [5.41, 5.74) is 0.647. The highest BCUT2D eigenvalue weighted by Crippen LogP contribution is 2.12. The molecule has 0 aliphatic heterocycles. The monoisotopic (exact) mass is 191 g/mol. The third kappa shape index (κ3) is 3.36. The Balaban J connectivity index is 2.58. The lowest BCUT2D eigenvalue weighted by Crippen LogP contribution is -1.96. The van der Waals surface area contributed by atoms with Crippen LogP contribution >= 0.6 is 0 Å².